The van der Waals surface area contributed by atoms with Crippen LogP contribution >= 0.6 is 0 Å². The first-order valence-electron chi connectivity index (χ1n) is 7.73. The first-order valence-corrected chi connectivity index (χ1v) is 7.73. The number of rotatable bonds is 4. The Hall–Kier alpha value is -0.830. The lowest BCUT2D eigenvalue weighted by atomic mass is 9.79. The Kier molecular flexibility index (Phi) is 5.03. The Bertz CT molecular complexity index is 343. The minimum atomic E-state index is -0.141. The number of carbonyl (C=O) groups is 1. The summed E-state index contributed by atoms with van der Waals surface area (Å²) in [5.41, 5.74) is 6.87. The second kappa shape index (κ2) is 6.56. The highest BCUT2D eigenvalue weighted by atomic mass is 16.1. The van der Waals surface area contributed by atoms with E-state index in [1.165, 1.54) is 19.4 Å². The van der Waals surface area contributed by atoms with Gasteiger partial charge in [0.1, 0.15) is 0 Å². The van der Waals surface area contributed by atoms with Gasteiger partial charge in [-0.25, -0.2) is 0 Å². The average molecular weight is 264 g/mol. The molecule has 2 N–H and O–H groups in total. The molecule has 1 saturated heterocycles. The van der Waals surface area contributed by atoms with Crippen LogP contribution in [0.15, 0.2) is 11.6 Å². The summed E-state index contributed by atoms with van der Waals surface area (Å²) >= 11 is 0. The van der Waals surface area contributed by atoms with Gasteiger partial charge in [-0.1, -0.05) is 18.6 Å². The highest BCUT2D eigenvalue weighted by Gasteiger charge is 2.27. The minimum absolute atomic E-state index is 0.141. The van der Waals surface area contributed by atoms with Crippen LogP contribution in [-0.2, 0) is 4.79 Å². The third-order valence-corrected chi connectivity index (χ3v) is 5.01. The fraction of sp³-hybridized carbons (Fsp3) is 0.812. The summed E-state index contributed by atoms with van der Waals surface area (Å²) in [6.07, 6.45) is 7.85. The van der Waals surface area contributed by atoms with Gasteiger partial charge in [-0.05, 0) is 63.5 Å². The number of nitrogens with two attached hydrogens (primary N) is 1. The molecule has 1 heterocycles. The quantitative estimate of drug-likeness (QED) is 0.793. The highest BCUT2D eigenvalue weighted by molar-refractivity contribution is 5.73. The molecule has 0 spiro atoms. The molecule has 2 aliphatic rings. The van der Waals surface area contributed by atoms with Crippen molar-refractivity contribution in [2.24, 2.45) is 23.5 Å². The number of allylic oxidation sites excluding steroid dienone is 1. The van der Waals surface area contributed by atoms with Crippen molar-refractivity contribution >= 4 is 5.91 Å². The van der Waals surface area contributed by atoms with Crippen molar-refractivity contribution in [2.45, 2.75) is 46.0 Å². The third kappa shape index (κ3) is 4.07. The van der Waals surface area contributed by atoms with Crippen molar-refractivity contribution in [1.29, 1.82) is 0 Å². The Balaban J connectivity index is 1.80. The lowest BCUT2D eigenvalue weighted by Gasteiger charge is -2.37. The first kappa shape index (κ1) is 14.6. The van der Waals surface area contributed by atoms with Gasteiger partial charge in [0.15, 0.2) is 0 Å². The molecule has 1 amide bonds. The maximum absolute atomic E-state index is 11.0. The summed E-state index contributed by atoms with van der Waals surface area (Å²) in [4.78, 5) is 13.5. The monoisotopic (exact) mass is 264 g/mol. The zero-order chi connectivity index (χ0) is 13.8. The summed E-state index contributed by atoms with van der Waals surface area (Å²) in [7, 11) is 0. The number of piperidine rings is 1. The maximum atomic E-state index is 11.0. The van der Waals surface area contributed by atoms with E-state index >= 15 is 0 Å². The summed E-state index contributed by atoms with van der Waals surface area (Å²) in [6.45, 7) is 8.15. The van der Waals surface area contributed by atoms with Crippen molar-refractivity contribution in [2.75, 3.05) is 19.6 Å². The standard InChI is InChI=1S/C16H28N2O/c1-12-4-3-5-13(2)15(12)11-18-8-6-14(7-9-18)10-16(17)19/h4,13-15H,3,5-11H2,1-2H3,(H2,17,19). The molecule has 1 fully saturated rings. The minimum Gasteiger partial charge on any atom is -0.370 e. The third-order valence-electron chi connectivity index (χ3n) is 5.01. The van der Waals surface area contributed by atoms with E-state index in [4.69, 9.17) is 5.73 Å². The lowest BCUT2D eigenvalue weighted by molar-refractivity contribution is -0.119. The van der Waals surface area contributed by atoms with Crippen molar-refractivity contribution < 1.29 is 4.79 Å². The molecular weight excluding hydrogens is 236 g/mol. The molecule has 108 valence electrons. The molecule has 0 radical (unpaired) electrons. The topological polar surface area (TPSA) is 46.3 Å². The van der Waals surface area contributed by atoms with E-state index < -0.39 is 0 Å². The predicted molar refractivity (Wildman–Crippen MR) is 78.6 cm³/mol. The summed E-state index contributed by atoms with van der Waals surface area (Å²) in [5.74, 6) is 1.93. The van der Waals surface area contributed by atoms with Gasteiger partial charge in [-0.2, -0.15) is 0 Å². The van der Waals surface area contributed by atoms with Crippen LogP contribution in [-0.4, -0.2) is 30.4 Å². The van der Waals surface area contributed by atoms with Crippen LogP contribution in [0.2, 0.25) is 0 Å². The maximum Gasteiger partial charge on any atom is 0.217 e. The largest absolute Gasteiger partial charge is 0.370 e. The molecule has 0 aromatic heterocycles. The van der Waals surface area contributed by atoms with E-state index in [-0.39, 0.29) is 5.91 Å². The number of primary amides is 1. The average Bonchev–Trinajstić information content (AvgIpc) is 2.35. The van der Waals surface area contributed by atoms with E-state index in [9.17, 15) is 4.79 Å². The highest BCUT2D eigenvalue weighted by Crippen LogP contribution is 2.32. The molecule has 2 rings (SSSR count). The van der Waals surface area contributed by atoms with Gasteiger partial charge in [0.2, 0.25) is 5.91 Å². The van der Waals surface area contributed by atoms with E-state index in [1.54, 1.807) is 5.57 Å². The Morgan fingerprint density at radius 1 is 1.37 bits per heavy atom. The van der Waals surface area contributed by atoms with E-state index in [1.807, 2.05) is 0 Å². The molecule has 2 atom stereocenters. The van der Waals surface area contributed by atoms with Gasteiger partial charge in [0.05, 0.1) is 0 Å². The zero-order valence-electron chi connectivity index (χ0n) is 12.4. The molecule has 0 bridgehead atoms. The van der Waals surface area contributed by atoms with Crippen LogP contribution in [0, 0.1) is 17.8 Å². The van der Waals surface area contributed by atoms with Crippen LogP contribution in [0.1, 0.15) is 46.0 Å². The van der Waals surface area contributed by atoms with Crippen LogP contribution in [0.4, 0.5) is 0 Å². The smallest absolute Gasteiger partial charge is 0.217 e. The molecule has 0 aromatic rings. The molecule has 3 nitrogen and oxygen atoms in total. The second-order valence-electron chi connectivity index (χ2n) is 6.52. The van der Waals surface area contributed by atoms with Crippen molar-refractivity contribution in [3.05, 3.63) is 11.6 Å². The predicted octanol–water partition coefficient (Wildman–Crippen LogP) is 2.57. The van der Waals surface area contributed by atoms with Crippen molar-refractivity contribution in [1.82, 2.24) is 4.90 Å². The van der Waals surface area contributed by atoms with E-state index in [2.05, 4.69) is 24.8 Å². The SMILES string of the molecule is CC1=CCCC(C)C1CN1CCC(CC(N)=O)CC1. The number of carbonyl (C=O) groups excluding carboxylic acids is 1. The van der Waals surface area contributed by atoms with E-state index in [0.717, 1.165) is 37.8 Å². The molecule has 0 aromatic carbocycles. The van der Waals surface area contributed by atoms with Crippen LogP contribution in [0.3, 0.4) is 0 Å². The molecule has 1 aliphatic carbocycles. The van der Waals surface area contributed by atoms with Gasteiger partial charge in [0.25, 0.3) is 0 Å². The molecular formula is C16H28N2O. The van der Waals surface area contributed by atoms with Crippen molar-refractivity contribution in [3.8, 4) is 0 Å². The molecule has 3 heteroatoms. The summed E-state index contributed by atoms with van der Waals surface area (Å²) in [6, 6.07) is 0. The van der Waals surface area contributed by atoms with Crippen LogP contribution in [0.5, 0.6) is 0 Å². The Labute approximate surface area is 117 Å². The van der Waals surface area contributed by atoms with Gasteiger partial charge in [-0.3, -0.25) is 4.79 Å². The number of nitrogens with zero attached hydrogens (tertiary/aromatic N) is 1. The molecule has 0 saturated carbocycles. The van der Waals surface area contributed by atoms with E-state index in [0.29, 0.717) is 12.3 Å². The van der Waals surface area contributed by atoms with Crippen molar-refractivity contribution in [3.63, 3.8) is 0 Å². The van der Waals surface area contributed by atoms with Gasteiger partial charge in [-0.15, -0.1) is 0 Å². The summed E-state index contributed by atoms with van der Waals surface area (Å²) in [5, 5.41) is 0. The van der Waals surface area contributed by atoms with Gasteiger partial charge >= 0.3 is 0 Å². The van der Waals surface area contributed by atoms with Crippen LogP contribution < -0.4 is 5.73 Å². The lowest BCUT2D eigenvalue weighted by Crippen LogP contribution is -2.40. The fourth-order valence-electron chi connectivity index (χ4n) is 3.64. The Morgan fingerprint density at radius 3 is 2.63 bits per heavy atom. The normalized spacial score (nSPS) is 30.1. The Morgan fingerprint density at radius 2 is 2.05 bits per heavy atom. The molecule has 2 unspecified atom stereocenters. The van der Waals surface area contributed by atoms with Gasteiger partial charge < -0.3 is 10.6 Å². The fourth-order valence-corrected chi connectivity index (χ4v) is 3.64. The van der Waals surface area contributed by atoms with Gasteiger partial charge in [0, 0.05) is 13.0 Å². The number of amides is 1. The summed E-state index contributed by atoms with van der Waals surface area (Å²) < 4.78 is 0. The zero-order valence-corrected chi connectivity index (χ0v) is 12.4. The number of hydrogen-bond donors (Lipinski definition) is 1. The molecule has 1 aliphatic heterocycles. The first-order chi connectivity index (χ1) is 9.06. The number of hydrogen-bond acceptors (Lipinski definition) is 2. The molecule has 19 heavy (non-hydrogen) atoms. The second-order valence-corrected chi connectivity index (χ2v) is 6.52. The van der Waals surface area contributed by atoms with Crippen LogP contribution in [0.25, 0.3) is 0 Å². The number of likely N-dealkylation sites (tertiary alicyclic amines) is 1.